The molecular formula is C24H37IN6O. The molecule has 0 saturated carbocycles. The first-order valence-electron chi connectivity index (χ1n) is 11.3. The summed E-state index contributed by atoms with van der Waals surface area (Å²) in [7, 11) is 1.99. The van der Waals surface area contributed by atoms with E-state index in [1.54, 1.807) is 0 Å². The van der Waals surface area contributed by atoms with Crippen molar-refractivity contribution in [3.05, 3.63) is 52.3 Å². The van der Waals surface area contributed by atoms with Crippen molar-refractivity contribution in [3.63, 3.8) is 0 Å². The lowest BCUT2D eigenvalue weighted by Gasteiger charge is -2.19. The minimum Gasteiger partial charge on any atom is -0.357 e. The maximum Gasteiger partial charge on any atom is 0.222 e. The van der Waals surface area contributed by atoms with Crippen LogP contribution in [0.1, 0.15) is 54.8 Å². The van der Waals surface area contributed by atoms with Gasteiger partial charge >= 0.3 is 0 Å². The summed E-state index contributed by atoms with van der Waals surface area (Å²) in [5.41, 5.74) is 5.91. The van der Waals surface area contributed by atoms with Crippen LogP contribution in [0, 0.1) is 13.8 Å². The zero-order valence-corrected chi connectivity index (χ0v) is 22.3. The van der Waals surface area contributed by atoms with Crippen LogP contribution >= 0.6 is 24.0 Å². The van der Waals surface area contributed by atoms with E-state index in [0.717, 1.165) is 43.1 Å². The number of aryl methyl sites for hydroxylation is 2. The number of rotatable bonds is 8. The van der Waals surface area contributed by atoms with Crippen molar-refractivity contribution in [3.8, 4) is 0 Å². The molecule has 0 aliphatic carbocycles. The highest BCUT2D eigenvalue weighted by atomic mass is 127. The van der Waals surface area contributed by atoms with Gasteiger partial charge in [0.2, 0.25) is 5.91 Å². The minimum absolute atomic E-state index is 0. The summed E-state index contributed by atoms with van der Waals surface area (Å²) in [6.07, 6.45) is 2.52. The summed E-state index contributed by atoms with van der Waals surface area (Å²) >= 11 is 0. The lowest BCUT2D eigenvalue weighted by atomic mass is 10.1. The summed E-state index contributed by atoms with van der Waals surface area (Å²) in [5.74, 6) is 1.06. The van der Waals surface area contributed by atoms with Crippen molar-refractivity contribution in [2.24, 2.45) is 12.0 Å². The smallest absolute Gasteiger partial charge is 0.222 e. The number of guanidine groups is 1. The monoisotopic (exact) mass is 552 g/mol. The number of amides is 1. The summed E-state index contributed by atoms with van der Waals surface area (Å²) in [6, 6.07) is 8.50. The molecule has 1 aliphatic heterocycles. The fourth-order valence-corrected chi connectivity index (χ4v) is 4.13. The molecule has 1 aromatic heterocycles. The molecule has 2 heterocycles. The van der Waals surface area contributed by atoms with Crippen LogP contribution in [-0.4, -0.2) is 45.7 Å². The van der Waals surface area contributed by atoms with Gasteiger partial charge in [-0.1, -0.05) is 24.3 Å². The molecular weight excluding hydrogens is 515 g/mol. The molecule has 2 N–H and O–H groups in total. The molecule has 1 atom stereocenters. The zero-order chi connectivity index (χ0) is 22.4. The lowest BCUT2D eigenvalue weighted by molar-refractivity contribution is -0.128. The summed E-state index contributed by atoms with van der Waals surface area (Å²) in [5, 5.41) is 11.4. The van der Waals surface area contributed by atoms with Crippen LogP contribution in [0.4, 0.5) is 0 Å². The predicted molar refractivity (Wildman–Crippen MR) is 140 cm³/mol. The number of benzene rings is 1. The first kappa shape index (κ1) is 26.2. The quantitative estimate of drug-likeness (QED) is 0.299. The lowest BCUT2D eigenvalue weighted by Crippen LogP contribution is -2.43. The SMILES string of the molecule is CCNC(=NCc1ccccc1CN1CCCC1=O)NC(C)Cc1c(C)nn(C)c1C.I. The molecule has 32 heavy (non-hydrogen) atoms. The third-order valence-corrected chi connectivity index (χ3v) is 5.96. The van der Waals surface area contributed by atoms with Crippen LogP contribution in [-0.2, 0) is 31.4 Å². The Hall–Kier alpha value is -2.10. The van der Waals surface area contributed by atoms with Gasteiger partial charge in [-0.2, -0.15) is 5.10 Å². The highest BCUT2D eigenvalue weighted by Crippen LogP contribution is 2.18. The van der Waals surface area contributed by atoms with Gasteiger partial charge in [-0.05, 0) is 57.2 Å². The molecule has 8 heteroatoms. The van der Waals surface area contributed by atoms with E-state index in [1.807, 2.05) is 28.8 Å². The number of hydrogen-bond acceptors (Lipinski definition) is 3. The second-order valence-corrected chi connectivity index (χ2v) is 8.41. The average Bonchev–Trinajstić information content (AvgIpc) is 3.24. The van der Waals surface area contributed by atoms with E-state index >= 15 is 0 Å². The Morgan fingerprint density at radius 1 is 1.25 bits per heavy atom. The Labute approximate surface area is 209 Å². The maximum atomic E-state index is 12.0. The van der Waals surface area contributed by atoms with Crippen molar-refractivity contribution in [1.29, 1.82) is 0 Å². The maximum absolute atomic E-state index is 12.0. The molecule has 0 bridgehead atoms. The van der Waals surface area contributed by atoms with E-state index < -0.39 is 0 Å². The summed E-state index contributed by atoms with van der Waals surface area (Å²) < 4.78 is 1.94. The molecule has 1 fully saturated rings. The van der Waals surface area contributed by atoms with Gasteiger partial charge in [0.05, 0.1) is 12.2 Å². The van der Waals surface area contributed by atoms with E-state index in [0.29, 0.717) is 19.5 Å². The summed E-state index contributed by atoms with van der Waals surface area (Å²) in [6.45, 7) is 11.3. The second-order valence-electron chi connectivity index (χ2n) is 8.41. The van der Waals surface area contributed by atoms with Crippen LogP contribution in [0.15, 0.2) is 29.3 Å². The standard InChI is InChI=1S/C24H36N6O.HI/c1-6-25-24(27-17(2)14-22-18(3)28-29(5)19(22)4)26-15-20-10-7-8-11-21(20)16-30-13-9-12-23(30)31;/h7-8,10-11,17H,6,9,12-16H2,1-5H3,(H2,25,26,27);1H. The van der Waals surface area contributed by atoms with Crippen LogP contribution in [0.3, 0.4) is 0 Å². The Morgan fingerprint density at radius 2 is 1.97 bits per heavy atom. The van der Waals surface area contributed by atoms with Crippen molar-refractivity contribution in [2.45, 2.75) is 66.1 Å². The number of nitrogens with zero attached hydrogens (tertiary/aromatic N) is 4. The highest BCUT2D eigenvalue weighted by Gasteiger charge is 2.21. The summed E-state index contributed by atoms with van der Waals surface area (Å²) in [4.78, 5) is 18.8. The highest BCUT2D eigenvalue weighted by molar-refractivity contribution is 14.0. The van der Waals surface area contributed by atoms with Crippen LogP contribution in [0.2, 0.25) is 0 Å². The van der Waals surface area contributed by atoms with Gasteiger partial charge in [0.25, 0.3) is 0 Å². The third kappa shape index (κ3) is 6.70. The van der Waals surface area contributed by atoms with Gasteiger partial charge in [0.1, 0.15) is 0 Å². The third-order valence-electron chi connectivity index (χ3n) is 5.96. The molecule has 0 spiro atoms. The molecule has 1 aliphatic rings. The van der Waals surface area contributed by atoms with Crippen LogP contribution in [0.25, 0.3) is 0 Å². The Morgan fingerprint density at radius 3 is 2.56 bits per heavy atom. The average molecular weight is 553 g/mol. The van der Waals surface area contributed by atoms with E-state index in [1.165, 1.54) is 16.8 Å². The number of likely N-dealkylation sites (tertiary alicyclic amines) is 1. The first-order chi connectivity index (χ1) is 14.9. The second kappa shape index (κ2) is 12.2. The molecule has 1 amide bonds. The Balaban J connectivity index is 0.00000363. The van der Waals surface area contributed by atoms with E-state index in [4.69, 9.17) is 4.99 Å². The predicted octanol–water partition coefficient (Wildman–Crippen LogP) is 3.46. The van der Waals surface area contributed by atoms with E-state index in [9.17, 15) is 4.79 Å². The van der Waals surface area contributed by atoms with Crippen molar-refractivity contribution in [1.82, 2.24) is 25.3 Å². The van der Waals surface area contributed by atoms with Crippen molar-refractivity contribution >= 4 is 35.8 Å². The first-order valence-corrected chi connectivity index (χ1v) is 11.3. The topological polar surface area (TPSA) is 74.6 Å². The normalized spacial score (nSPS) is 15.0. The van der Waals surface area contributed by atoms with Gasteiger partial charge in [0, 0.05) is 44.8 Å². The molecule has 176 valence electrons. The number of aromatic nitrogens is 2. The van der Waals surface area contributed by atoms with Crippen LogP contribution in [0.5, 0.6) is 0 Å². The molecule has 3 rings (SSSR count). The molecule has 1 aromatic carbocycles. The van der Waals surface area contributed by atoms with Gasteiger partial charge in [-0.25, -0.2) is 4.99 Å². The number of halogens is 1. The Kier molecular flexibility index (Phi) is 9.99. The molecule has 2 aromatic rings. The molecule has 1 unspecified atom stereocenters. The number of nitrogens with one attached hydrogen (secondary N) is 2. The largest absolute Gasteiger partial charge is 0.357 e. The number of hydrogen-bond donors (Lipinski definition) is 2. The molecule has 0 radical (unpaired) electrons. The van der Waals surface area contributed by atoms with Crippen LogP contribution < -0.4 is 10.6 Å². The minimum atomic E-state index is 0. The molecule has 1 saturated heterocycles. The molecule has 7 nitrogen and oxygen atoms in total. The number of aliphatic imine (C=N–C) groups is 1. The van der Waals surface area contributed by atoms with E-state index in [-0.39, 0.29) is 35.9 Å². The van der Waals surface area contributed by atoms with Gasteiger partial charge in [-0.15, -0.1) is 24.0 Å². The van der Waals surface area contributed by atoms with Gasteiger partial charge < -0.3 is 15.5 Å². The van der Waals surface area contributed by atoms with Crippen molar-refractivity contribution in [2.75, 3.05) is 13.1 Å². The van der Waals surface area contributed by atoms with Crippen molar-refractivity contribution < 1.29 is 4.79 Å². The number of carbonyl (C=O) groups excluding carboxylic acids is 1. The van der Waals surface area contributed by atoms with Gasteiger partial charge in [-0.3, -0.25) is 9.48 Å². The zero-order valence-electron chi connectivity index (χ0n) is 19.9. The Bertz CT molecular complexity index is 939. The fraction of sp³-hybridized carbons (Fsp3) is 0.542. The number of carbonyl (C=O) groups is 1. The van der Waals surface area contributed by atoms with E-state index in [2.05, 4.69) is 55.6 Å². The van der Waals surface area contributed by atoms with Gasteiger partial charge in [0.15, 0.2) is 5.96 Å². The fourth-order valence-electron chi connectivity index (χ4n) is 4.13.